The largest absolute Gasteiger partial charge is 0.338 e. The zero-order valence-electron chi connectivity index (χ0n) is 18.9. The average Bonchev–Trinajstić information content (AvgIpc) is 3.17. The summed E-state index contributed by atoms with van der Waals surface area (Å²) in [6.07, 6.45) is 9.51. The van der Waals surface area contributed by atoms with Crippen molar-refractivity contribution in [3.63, 3.8) is 0 Å². The van der Waals surface area contributed by atoms with E-state index in [2.05, 4.69) is 99.0 Å². The summed E-state index contributed by atoms with van der Waals surface area (Å²) in [5, 5.41) is 2.64. The Kier molecular flexibility index (Phi) is 5.31. The number of hydrogen-bond acceptors (Lipinski definition) is 3. The molecule has 0 saturated carbocycles. The molecule has 2 nitrogen and oxygen atoms in total. The number of anilines is 1. The second-order valence-electron chi connectivity index (χ2n) is 9.04. The van der Waals surface area contributed by atoms with E-state index in [0.29, 0.717) is 5.92 Å². The molecule has 1 aromatic heterocycles. The van der Waals surface area contributed by atoms with Gasteiger partial charge in [0.1, 0.15) is 11.7 Å². The molecule has 0 saturated heterocycles. The summed E-state index contributed by atoms with van der Waals surface area (Å²) in [5.74, 6) is 0.659. The fourth-order valence-corrected chi connectivity index (χ4v) is 7.01. The number of aryl methyl sites for hydroxylation is 3. The lowest BCUT2D eigenvalue weighted by Crippen LogP contribution is -2.29. The van der Waals surface area contributed by atoms with Crippen LogP contribution in [-0.2, 0) is 7.05 Å². The minimum absolute atomic E-state index is 0.659. The van der Waals surface area contributed by atoms with Gasteiger partial charge in [-0.1, -0.05) is 48.2 Å². The lowest BCUT2D eigenvalue weighted by Gasteiger charge is -2.21. The Bertz CT molecular complexity index is 1280. The second kappa shape index (κ2) is 7.99. The van der Waals surface area contributed by atoms with Crippen molar-refractivity contribution in [3.05, 3.63) is 80.9 Å². The summed E-state index contributed by atoms with van der Waals surface area (Å²) >= 11 is 3.78. The summed E-state index contributed by atoms with van der Waals surface area (Å²) in [7, 11) is 4.37. The van der Waals surface area contributed by atoms with Gasteiger partial charge in [0, 0.05) is 24.1 Å². The lowest BCUT2D eigenvalue weighted by atomic mass is 9.87. The summed E-state index contributed by atoms with van der Waals surface area (Å²) in [4.78, 5) is 3.69. The summed E-state index contributed by atoms with van der Waals surface area (Å²) in [6, 6.07) is 13.5. The molecule has 31 heavy (non-hydrogen) atoms. The highest BCUT2D eigenvalue weighted by molar-refractivity contribution is 8.03. The van der Waals surface area contributed by atoms with Gasteiger partial charge in [0.2, 0.25) is 5.52 Å². The molecular weight excluding hydrogens is 416 g/mol. The number of allylic oxidation sites excluding steroid dienone is 4. The van der Waals surface area contributed by atoms with E-state index in [1.807, 2.05) is 23.1 Å². The number of thiazole rings is 1. The van der Waals surface area contributed by atoms with Crippen LogP contribution in [0.2, 0.25) is 0 Å². The smallest absolute Gasteiger partial charge is 0.262 e. The summed E-state index contributed by atoms with van der Waals surface area (Å²) in [5.41, 5.74) is 8.14. The van der Waals surface area contributed by atoms with Gasteiger partial charge in [-0.25, -0.2) is 0 Å². The van der Waals surface area contributed by atoms with E-state index < -0.39 is 0 Å². The van der Waals surface area contributed by atoms with Crippen molar-refractivity contribution >= 4 is 45.1 Å². The third-order valence-corrected chi connectivity index (χ3v) is 8.50. The monoisotopic (exact) mass is 445 g/mol. The molecule has 0 amide bonds. The Balaban J connectivity index is 1.48. The maximum Gasteiger partial charge on any atom is 0.262 e. The van der Waals surface area contributed by atoms with Gasteiger partial charge in [0.15, 0.2) is 0 Å². The van der Waals surface area contributed by atoms with Crippen molar-refractivity contribution in [2.24, 2.45) is 13.0 Å². The first-order chi connectivity index (χ1) is 14.9. The maximum absolute atomic E-state index is 2.42. The number of aromatic nitrogens is 1. The number of hydrogen-bond donors (Lipinski definition) is 0. The average molecular weight is 446 g/mol. The highest BCUT2D eigenvalue weighted by Gasteiger charge is 2.24. The molecule has 1 aliphatic heterocycles. The van der Waals surface area contributed by atoms with Crippen molar-refractivity contribution in [2.75, 3.05) is 11.9 Å². The molecule has 0 fully saturated rings. The Labute approximate surface area is 193 Å². The molecule has 1 atom stereocenters. The van der Waals surface area contributed by atoms with Crippen LogP contribution in [0.25, 0.3) is 16.3 Å². The van der Waals surface area contributed by atoms with E-state index in [1.54, 1.807) is 0 Å². The molecule has 0 radical (unpaired) electrons. The Morgan fingerprint density at radius 3 is 2.65 bits per heavy atom. The van der Waals surface area contributed by atoms with Gasteiger partial charge in [0.05, 0.1) is 10.7 Å². The molecule has 158 valence electrons. The topological polar surface area (TPSA) is 7.12 Å². The number of fused-ring (bicyclic) bond motifs is 2. The predicted octanol–water partition coefficient (Wildman–Crippen LogP) is 7.17. The van der Waals surface area contributed by atoms with Gasteiger partial charge in [-0.15, -0.1) is 0 Å². The van der Waals surface area contributed by atoms with E-state index >= 15 is 0 Å². The number of benzene rings is 2. The Morgan fingerprint density at radius 2 is 1.81 bits per heavy atom. The van der Waals surface area contributed by atoms with Crippen molar-refractivity contribution in [1.82, 2.24) is 0 Å². The van der Waals surface area contributed by atoms with Crippen LogP contribution in [0.1, 0.15) is 35.9 Å². The zero-order chi connectivity index (χ0) is 21.7. The fourth-order valence-electron chi connectivity index (χ4n) is 4.56. The fraction of sp³-hybridized carbons (Fsp3) is 0.296. The second-order valence-corrected chi connectivity index (χ2v) is 11.2. The normalized spacial score (nSPS) is 21.3. The summed E-state index contributed by atoms with van der Waals surface area (Å²) < 4.78 is 3.69. The van der Waals surface area contributed by atoms with Gasteiger partial charge < -0.3 is 4.90 Å². The Hall–Kier alpha value is -2.30. The van der Waals surface area contributed by atoms with E-state index in [-0.39, 0.29) is 0 Å². The number of rotatable bonds is 2. The first kappa shape index (κ1) is 20.6. The van der Waals surface area contributed by atoms with Crippen molar-refractivity contribution in [2.45, 2.75) is 38.5 Å². The van der Waals surface area contributed by atoms with Crippen molar-refractivity contribution in [3.8, 4) is 0 Å². The van der Waals surface area contributed by atoms with Crippen LogP contribution in [0.3, 0.4) is 0 Å². The molecule has 2 heterocycles. The molecule has 1 aliphatic carbocycles. The molecule has 3 aromatic rings. The van der Waals surface area contributed by atoms with Gasteiger partial charge in [-0.2, -0.15) is 4.57 Å². The molecule has 0 bridgehead atoms. The number of thioether (sulfide) groups is 1. The van der Waals surface area contributed by atoms with Gasteiger partial charge in [-0.3, -0.25) is 0 Å². The van der Waals surface area contributed by atoms with E-state index in [9.17, 15) is 0 Å². The minimum Gasteiger partial charge on any atom is -0.338 e. The first-order valence-electron chi connectivity index (χ1n) is 10.9. The van der Waals surface area contributed by atoms with Crippen LogP contribution >= 0.6 is 23.1 Å². The standard InChI is InChI=1S/C27H29N2S2/c1-17-6-8-22-24(12-17)30-26(28(22)4)15-20-10-19(3)11-21(14-20)16-27-29(5)23-9-7-18(2)13-25(23)31-27/h6-9,12-16,19H,10-11H2,1-5H3/q+1. The molecule has 5 rings (SSSR count). The third kappa shape index (κ3) is 3.99. The van der Waals surface area contributed by atoms with Gasteiger partial charge in [0.25, 0.3) is 5.01 Å². The van der Waals surface area contributed by atoms with Gasteiger partial charge >= 0.3 is 0 Å². The lowest BCUT2D eigenvalue weighted by molar-refractivity contribution is -0.642. The predicted molar refractivity (Wildman–Crippen MR) is 136 cm³/mol. The van der Waals surface area contributed by atoms with Gasteiger partial charge in [-0.05, 0) is 79.2 Å². The molecule has 0 N–H and O–H groups in total. The first-order valence-corrected chi connectivity index (χ1v) is 12.5. The molecule has 4 heteroatoms. The quantitative estimate of drug-likeness (QED) is 0.386. The van der Waals surface area contributed by atoms with E-state index in [1.165, 1.54) is 53.1 Å². The van der Waals surface area contributed by atoms with Crippen LogP contribution < -0.4 is 9.47 Å². The third-order valence-electron chi connectivity index (χ3n) is 6.20. The number of nitrogens with zero attached hydrogens (tertiary/aromatic N) is 2. The molecule has 0 spiro atoms. The van der Waals surface area contributed by atoms with Crippen molar-refractivity contribution < 1.29 is 4.57 Å². The van der Waals surface area contributed by atoms with Crippen LogP contribution in [0.15, 0.2) is 69.6 Å². The Morgan fingerprint density at radius 1 is 1.03 bits per heavy atom. The molecule has 1 unspecified atom stereocenters. The molecular formula is C27H29N2S2+. The highest BCUT2D eigenvalue weighted by Crippen LogP contribution is 2.46. The van der Waals surface area contributed by atoms with Crippen LogP contribution in [-0.4, -0.2) is 7.05 Å². The maximum atomic E-state index is 2.42. The van der Waals surface area contributed by atoms with E-state index in [0.717, 1.165) is 12.8 Å². The van der Waals surface area contributed by atoms with Crippen LogP contribution in [0.5, 0.6) is 0 Å². The van der Waals surface area contributed by atoms with Crippen LogP contribution in [0.4, 0.5) is 5.69 Å². The minimum atomic E-state index is 0.659. The highest BCUT2D eigenvalue weighted by atomic mass is 32.2. The SMILES string of the molecule is Cc1ccc2c(c1)S/C(=C\C1=CC(=C/c3sc4cc(C)ccc4[n+]3C)/CC(C)C1)N2C. The van der Waals surface area contributed by atoms with E-state index in [4.69, 9.17) is 0 Å². The molecule has 2 aromatic carbocycles. The van der Waals surface area contributed by atoms with Crippen molar-refractivity contribution in [1.29, 1.82) is 0 Å². The summed E-state index contributed by atoms with van der Waals surface area (Å²) in [6.45, 7) is 6.71. The zero-order valence-corrected chi connectivity index (χ0v) is 20.5. The van der Waals surface area contributed by atoms with Crippen LogP contribution in [0, 0.1) is 19.8 Å². The molecule has 2 aliphatic rings.